The van der Waals surface area contributed by atoms with Crippen LogP contribution in [-0.4, -0.2) is 18.2 Å². The standard InChI is InChI=1S/C17H20O4/c1-12-8-9-14(13-6-4-3-5-7-13)10-15(12)21-16(11-20-2)17(18)19/h6,8-11H,3-5,7H2,1-2H3,(H,18,19)/b16-11-. The van der Waals surface area contributed by atoms with Crippen molar-refractivity contribution in [2.24, 2.45) is 0 Å². The highest BCUT2D eigenvalue weighted by atomic mass is 16.5. The molecular weight excluding hydrogens is 268 g/mol. The highest BCUT2D eigenvalue weighted by molar-refractivity contribution is 5.84. The fraction of sp³-hybridized carbons (Fsp3) is 0.353. The summed E-state index contributed by atoms with van der Waals surface area (Å²) in [5, 5.41) is 9.09. The molecule has 4 nitrogen and oxygen atoms in total. The van der Waals surface area contributed by atoms with Gasteiger partial charge in [0.05, 0.1) is 7.11 Å². The van der Waals surface area contributed by atoms with E-state index in [0.717, 1.165) is 30.2 Å². The van der Waals surface area contributed by atoms with Crippen LogP contribution < -0.4 is 4.74 Å². The molecule has 0 amide bonds. The number of benzene rings is 1. The Hall–Kier alpha value is -2.23. The summed E-state index contributed by atoms with van der Waals surface area (Å²) in [5.74, 6) is -0.835. The first-order valence-corrected chi connectivity index (χ1v) is 7.06. The van der Waals surface area contributed by atoms with Crippen molar-refractivity contribution < 1.29 is 19.4 Å². The summed E-state index contributed by atoms with van der Waals surface area (Å²) in [6.07, 6.45) is 7.93. The van der Waals surface area contributed by atoms with Gasteiger partial charge in [0.2, 0.25) is 5.76 Å². The van der Waals surface area contributed by atoms with E-state index >= 15 is 0 Å². The molecule has 0 aliphatic heterocycles. The Bertz CT molecular complexity index is 584. The summed E-state index contributed by atoms with van der Waals surface area (Å²) in [5.41, 5.74) is 3.29. The van der Waals surface area contributed by atoms with Crippen molar-refractivity contribution in [3.05, 3.63) is 47.4 Å². The van der Waals surface area contributed by atoms with Gasteiger partial charge < -0.3 is 14.6 Å². The molecule has 0 aromatic heterocycles. The fourth-order valence-corrected chi connectivity index (χ4v) is 2.35. The Morgan fingerprint density at radius 2 is 2.14 bits per heavy atom. The molecule has 0 heterocycles. The first kappa shape index (κ1) is 15.2. The number of allylic oxidation sites excluding steroid dienone is 2. The number of aryl methyl sites for hydroxylation is 1. The Kier molecular flexibility index (Phi) is 5.04. The van der Waals surface area contributed by atoms with Crippen LogP contribution in [0.3, 0.4) is 0 Å². The van der Waals surface area contributed by atoms with Crippen molar-refractivity contribution in [3.63, 3.8) is 0 Å². The first-order chi connectivity index (χ1) is 10.1. The number of rotatable bonds is 5. The van der Waals surface area contributed by atoms with E-state index < -0.39 is 5.97 Å². The minimum atomic E-state index is -1.15. The molecule has 1 aromatic rings. The van der Waals surface area contributed by atoms with E-state index in [4.69, 9.17) is 14.6 Å². The second kappa shape index (κ2) is 6.97. The largest absolute Gasteiger partial charge is 0.500 e. The lowest BCUT2D eigenvalue weighted by atomic mass is 9.93. The monoisotopic (exact) mass is 288 g/mol. The van der Waals surface area contributed by atoms with Gasteiger partial charge in [-0.1, -0.05) is 18.2 Å². The van der Waals surface area contributed by atoms with Gasteiger partial charge in [-0.15, -0.1) is 0 Å². The van der Waals surface area contributed by atoms with Crippen molar-refractivity contribution >= 4 is 11.5 Å². The van der Waals surface area contributed by atoms with Gasteiger partial charge in [0.15, 0.2) is 0 Å². The SMILES string of the molecule is CO/C=C(\Oc1cc(C2=CCCCC2)ccc1C)C(=O)O. The van der Waals surface area contributed by atoms with Crippen LogP contribution in [0, 0.1) is 6.92 Å². The Morgan fingerprint density at radius 1 is 1.33 bits per heavy atom. The quantitative estimate of drug-likeness (QED) is 0.659. The zero-order valence-corrected chi connectivity index (χ0v) is 12.4. The van der Waals surface area contributed by atoms with Gasteiger partial charge in [-0.25, -0.2) is 4.79 Å². The van der Waals surface area contributed by atoms with Crippen molar-refractivity contribution in [3.8, 4) is 5.75 Å². The van der Waals surface area contributed by atoms with Crippen LogP contribution in [0.1, 0.15) is 36.8 Å². The van der Waals surface area contributed by atoms with E-state index in [9.17, 15) is 4.79 Å². The van der Waals surface area contributed by atoms with Crippen molar-refractivity contribution in [2.45, 2.75) is 32.6 Å². The number of hydrogen-bond acceptors (Lipinski definition) is 3. The van der Waals surface area contributed by atoms with Gasteiger partial charge in [0.1, 0.15) is 12.0 Å². The van der Waals surface area contributed by atoms with E-state index in [2.05, 4.69) is 12.1 Å². The van der Waals surface area contributed by atoms with Crippen LogP contribution in [-0.2, 0) is 9.53 Å². The molecule has 0 radical (unpaired) electrons. The van der Waals surface area contributed by atoms with E-state index in [0.29, 0.717) is 5.75 Å². The topological polar surface area (TPSA) is 55.8 Å². The maximum absolute atomic E-state index is 11.1. The number of hydrogen-bond donors (Lipinski definition) is 1. The van der Waals surface area contributed by atoms with Crippen LogP contribution >= 0.6 is 0 Å². The average molecular weight is 288 g/mol. The molecule has 1 aliphatic carbocycles. The molecule has 0 atom stereocenters. The minimum Gasteiger partial charge on any atom is -0.500 e. The molecule has 1 aliphatic rings. The number of methoxy groups -OCH3 is 1. The number of carboxylic acid groups (broad SMARTS) is 1. The maximum atomic E-state index is 11.1. The normalized spacial score (nSPS) is 15.3. The van der Waals surface area contributed by atoms with Crippen molar-refractivity contribution in [2.75, 3.05) is 7.11 Å². The fourth-order valence-electron chi connectivity index (χ4n) is 2.35. The number of carboxylic acids is 1. The number of ether oxygens (including phenoxy) is 2. The lowest BCUT2D eigenvalue weighted by molar-refractivity contribution is -0.135. The predicted molar refractivity (Wildman–Crippen MR) is 81.0 cm³/mol. The molecule has 0 spiro atoms. The molecule has 4 heteroatoms. The van der Waals surface area contributed by atoms with Gasteiger partial charge >= 0.3 is 5.97 Å². The molecule has 1 N–H and O–H groups in total. The van der Waals surface area contributed by atoms with E-state index in [1.807, 2.05) is 19.1 Å². The summed E-state index contributed by atoms with van der Waals surface area (Å²) >= 11 is 0. The number of aliphatic carboxylic acids is 1. The van der Waals surface area contributed by atoms with Crippen LogP contribution in [0.25, 0.3) is 5.57 Å². The molecule has 0 fully saturated rings. The minimum absolute atomic E-state index is 0.227. The van der Waals surface area contributed by atoms with Crippen LogP contribution in [0.15, 0.2) is 36.3 Å². The highest BCUT2D eigenvalue weighted by Gasteiger charge is 2.14. The summed E-state index contributed by atoms with van der Waals surface area (Å²) in [4.78, 5) is 11.1. The van der Waals surface area contributed by atoms with Crippen molar-refractivity contribution in [1.82, 2.24) is 0 Å². The summed E-state index contributed by atoms with van der Waals surface area (Å²) in [6, 6.07) is 5.91. The van der Waals surface area contributed by atoms with Gasteiger partial charge in [-0.05, 0) is 55.4 Å². The molecule has 0 bridgehead atoms. The van der Waals surface area contributed by atoms with E-state index in [-0.39, 0.29) is 5.76 Å². The van der Waals surface area contributed by atoms with Crippen molar-refractivity contribution in [1.29, 1.82) is 0 Å². The maximum Gasteiger partial charge on any atom is 0.375 e. The molecule has 0 saturated carbocycles. The van der Waals surface area contributed by atoms with Crippen LogP contribution in [0.2, 0.25) is 0 Å². The molecule has 2 rings (SSSR count). The Morgan fingerprint density at radius 3 is 2.76 bits per heavy atom. The summed E-state index contributed by atoms with van der Waals surface area (Å²) in [7, 11) is 1.39. The molecule has 0 unspecified atom stereocenters. The van der Waals surface area contributed by atoms with E-state index in [1.165, 1.54) is 25.5 Å². The van der Waals surface area contributed by atoms with Gasteiger partial charge in [0, 0.05) is 0 Å². The van der Waals surface area contributed by atoms with Crippen LogP contribution in [0.4, 0.5) is 0 Å². The summed E-state index contributed by atoms with van der Waals surface area (Å²) < 4.78 is 10.2. The van der Waals surface area contributed by atoms with Crippen LogP contribution in [0.5, 0.6) is 5.75 Å². The van der Waals surface area contributed by atoms with Gasteiger partial charge in [-0.3, -0.25) is 0 Å². The second-order valence-electron chi connectivity index (χ2n) is 5.08. The highest BCUT2D eigenvalue weighted by Crippen LogP contribution is 2.31. The lowest BCUT2D eigenvalue weighted by Gasteiger charge is -2.15. The first-order valence-electron chi connectivity index (χ1n) is 7.06. The summed E-state index contributed by atoms with van der Waals surface area (Å²) in [6.45, 7) is 1.89. The van der Waals surface area contributed by atoms with Gasteiger partial charge in [-0.2, -0.15) is 0 Å². The molecular formula is C17H20O4. The molecule has 1 aromatic carbocycles. The third kappa shape index (κ3) is 3.88. The lowest BCUT2D eigenvalue weighted by Crippen LogP contribution is -2.09. The van der Waals surface area contributed by atoms with Gasteiger partial charge in [0.25, 0.3) is 0 Å². The van der Waals surface area contributed by atoms with E-state index in [1.54, 1.807) is 0 Å². The molecule has 0 saturated heterocycles. The zero-order valence-electron chi connectivity index (χ0n) is 12.4. The Balaban J connectivity index is 2.29. The average Bonchev–Trinajstić information content (AvgIpc) is 2.49. The smallest absolute Gasteiger partial charge is 0.375 e. The third-order valence-corrected chi connectivity index (χ3v) is 3.51. The molecule has 21 heavy (non-hydrogen) atoms. The molecule has 112 valence electrons. The Labute approximate surface area is 124 Å². The number of carbonyl (C=O) groups is 1. The second-order valence-corrected chi connectivity index (χ2v) is 5.08. The predicted octanol–water partition coefficient (Wildman–Crippen LogP) is 3.90. The zero-order chi connectivity index (χ0) is 15.2. The third-order valence-electron chi connectivity index (χ3n) is 3.51.